The summed E-state index contributed by atoms with van der Waals surface area (Å²) in [6.07, 6.45) is 13.5. The molecule has 0 saturated carbocycles. The minimum Gasteiger partial charge on any atom is -0.412 e. The van der Waals surface area contributed by atoms with E-state index in [1.54, 1.807) is 98.3 Å². The fourth-order valence-corrected chi connectivity index (χ4v) is 11.7. The molecule has 0 aliphatic heterocycles. The van der Waals surface area contributed by atoms with Crippen molar-refractivity contribution in [3.05, 3.63) is 95.6 Å². The third-order valence-electron chi connectivity index (χ3n) is 6.78. The summed E-state index contributed by atoms with van der Waals surface area (Å²) in [6, 6.07) is 12.6. The summed E-state index contributed by atoms with van der Waals surface area (Å²) in [7, 11) is 0. The Hall–Kier alpha value is -1.01. The number of rotatable bonds is 16. The third kappa shape index (κ3) is 43.0. The van der Waals surface area contributed by atoms with Crippen LogP contribution in [0.25, 0.3) is 0 Å². The number of nitrogens with zero attached hydrogens (tertiary/aromatic N) is 4. The molecule has 0 aromatic carbocycles. The normalized spacial score (nSPS) is 8.91. The van der Waals surface area contributed by atoms with Gasteiger partial charge in [-0.2, -0.15) is 0 Å². The smallest absolute Gasteiger partial charge is 0.412 e. The van der Waals surface area contributed by atoms with Crippen LogP contribution >= 0.6 is 47.0 Å². The Kier molecular flexibility index (Phi) is 65.6. The minimum atomic E-state index is -0.928. The van der Waals surface area contributed by atoms with E-state index >= 15 is 0 Å². The van der Waals surface area contributed by atoms with Crippen LogP contribution in [-0.4, -0.2) is 185 Å². The third-order valence-corrected chi connectivity index (χ3v) is 21.0. The van der Waals surface area contributed by atoms with Crippen LogP contribution < -0.4 is 0 Å². The molecule has 0 fully saturated rings. The van der Waals surface area contributed by atoms with E-state index in [0.29, 0.717) is 20.1 Å². The summed E-state index contributed by atoms with van der Waals surface area (Å²) >= 11 is 6.20. The van der Waals surface area contributed by atoms with E-state index in [1.165, 1.54) is 82.5 Å². The summed E-state index contributed by atoms with van der Waals surface area (Å²) in [4.78, 5) is 57.7. The van der Waals surface area contributed by atoms with Crippen molar-refractivity contribution in [1.82, 2.24) is 19.9 Å². The number of hydrogen-bond acceptors (Lipinski definition) is 12. The van der Waals surface area contributed by atoms with Gasteiger partial charge in [0.1, 0.15) is 20.1 Å². The van der Waals surface area contributed by atoms with Crippen LogP contribution in [0, 0.1) is 0 Å². The first kappa shape index (κ1) is 76.5. The number of hydrogen-bond donors (Lipinski definition) is 4. The minimum absolute atomic E-state index is 0. The molecule has 4 heterocycles. The van der Waals surface area contributed by atoms with Crippen LogP contribution in [0.15, 0.2) is 93.4 Å². The van der Waals surface area contributed by atoms with Gasteiger partial charge in [-0.25, -0.2) is 39.1 Å². The van der Waals surface area contributed by atoms with E-state index in [4.69, 9.17) is 20.4 Å². The Morgan fingerprint density at radius 2 is 0.530 bits per heavy atom. The average Bonchev–Trinajstić information content (AvgIpc) is 3.31. The second kappa shape index (κ2) is 56.6. The molecular formula is C44H72N4O10S4Sn4. The van der Waals surface area contributed by atoms with Crippen LogP contribution in [0.5, 0.6) is 0 Å². The fourth-order valence-electron chi connectivity index (χ4n) is 3.86. The number of carboxylic acids is 4. The van der Waals surface area contributed by atoms with Gasteiger partial charge in [-0.15, -0.1) is 47.0 Å². The number of pyridine rings is 4. The van der Waals surface area contributed by atoms with Gasteiger partial charge in [-0.3, -0.25) is 0 Å². The predicted octanol–water partition coefficient (Wildman–Crippen LogP) is 10.6. The zero-order chi connectivity index (χ0) is 49.6. The zero-order valence-corrected chi connectivity index (χ0v) is 55.1. The van der Waals surface area contributed by atoms with Gasteiger partial charge < -0.3 is 31.4 Å². The number of thioether (sulfide) groups is 4. The van der Waals surface area contributed by atoms with Crippen molar-refractivity contribution in [2.45, 2.75) is 111 Å². The molecule has 0 amide bonds. The summed E-state index contributed by atoms with van der Waals surface area (Å²) in [5.41, 5.74) is 1.06. The van der Waals surface area contributed by atoms with E-state index in [0.717, 1.165) is 0 Å². The van der Waals surface area contributed by atoms with Gasteiger partial charge in [0.15, 0.2) is 0 Å². The first-order valence-corrected chi connectivity index (χ1v) is 41.4. The van der Waals surface area contributed by atoms with Crippen molar-refractivity contribution in [2.75, 3.05) is 25.0 Å². The number of aromatic nitrogens is 4. The second-order valence-electron chi connectivity index (χ2n) is 11.3. The molecule has 0 bridgehead atoms. The topological polar surface area (TPSA) is 264 Å². The van der Waals surface area contributed by atoms with Crippen LogP contribution in [0.1, 0.15) is 96.8 Å². The molecular weight excluding hydrogens is 1350 g/mol. The fraction of sp³-hybridized carbons (Fsp3) is 0.455. The summed E-state index contributed by atoms with van der Waals surface area (Å²) in [5.74, 6) is -3.71. The Labute approximate surface area is 452 Å². The van der Waals surface area contributed by atoms with Crippen LogP contribution in [-0.2, 0) is 0 Å². The molecule has 8 radical (unpaired) electrons. The molecule has 14 nitrogen and oxygen atoms in total. The van der Waals surface area contributed by atoms with Gasteiger partial charge in [0.2, 0.25) is 0 Å². The molecule has 0 aliphatic rings. The molecule has 0 spiro atoms. The van der Waals surface area contributed by atoms with Crippen molar-refractivity contribution in [3.8, 4) is 0 Å². The largest absolute Gasteiger partial charge is 0.412 e. The summed E-state index contributed by atoms with van der Waals surface area (Å²) in [5, 5.41) is 36.8. The molecule has 66 heavy (non-hydrogen) atoms. The average molecular weight is 1420 g/mol. The van der Waals surface area contributed by atoms with Gasteiger partial charge in [-0.1, -0.05) is 0 Å². The molecule has 0 aliphatic carbocycles. The zero-order valence-electron chi connectivity index (χ0n) is 40.4. The first-order chi connectivity index (χ1) is 30.7. The Balaban J connectivity index is -0.000000159. The van der Waals surface area contributed by atoms with Gasteiger partial charge in [0.05, 0.1) is 22.3 Å². The van der Waals surface area contributed by atoms with Gasteiger partial charge in [0, 0.05) is 24.8 Å². The molecule has 0 saturated heterocycles. The van der Waals surface area contributed by atoms with Crippen LogP contribution in [0.2, 0.25) is 35.5 Å². The molecule has 0 unspecified atom stereocenters. The first-order valence-electron chi connectivity index (χ1n) is 20.4. The van der Waals surface area contributed by atoms with E-state index < -0.39 is 23.9 Å². The summed E-state index contributed by atoms with van der Waals surface area (Å²) < 4.78 is 12.1. The maximum Gasteiger partial charge on any atom is -0.412 e. The van der Waals surface area contributed by atoms with Gasteiger partial charge >= 0.3 is 199 Å². The number of aromatic carboxylic acids is 4. The maximum absolute atomic E-state index is 10.5. The molecule has 4 rings (SSSR count). The van der Waals surface area contributed by atoms with Crippen molar-refractivity contribution in [3.63, 3.8) is 0 Å². The Bertz CT molecular complexity index is 1530. The molecule has 8 N–H and O–H groups in total. The maximum atomic E-state index is 10.5. The molecule has 4 aromatic rings. The van der Waals surface area contributed by atoms with Crippen molar-refractivity contribution >= 4 is 155 Å². The van der Waals surface area contributed by atoms with E-state index in [2.05, 4.69) is 75.3 Å². The van der Waals surface area contributed by atoms with Crippen LogP contribution in [0.4, 0.5) is 0 Å². The predicted molar refractivity (Wildman–Crippen MR) is 286 cm³/mol. The van der Waals surface area contributed by atoms with E-state index in [-0.39, 0.29) is 118 Å². The standard InChI is InChI=1S/4C7H7NO2S.8C2H5.2H2O.4Sn/c4*1-11-6-5(7(9)10)3-2-4-8-6;8*1-2;;;;;;/h4*2-4H,1H3,(H,9,10);8*1H2,2H3;2*1H2;;;;. The Morgan fingerprint density at radius 1 is 0.379 bits per heavy atom. The monoisotopic (exact) mass is 1420 g/mol. The van der Waals surface area contributed by atoms with E-state index in [1.807, 2.05) is 0 Å². The Morgan fingerprint density at radius 3 is 0.606 bits per heavy atom. The van der Waals surface area contributed by atoms with Crippen molar-refractivity contribution in [1.29, 1.82) is 0 Å². The molecule has 368 valence electrons. The molecule has 0 atom stereocenters. The molecule has 22 heteroatoms. The van der Waals surface area contributed by atoms with Crippen LogP contribution in [0.3, 0.4) is 0 Å². The van der Waals surface area contributed by atoms with E-state index in [9.17, 15) is 19.2 Å². The van der Waals surface area contributed by atoms with Crippen molar-refractivity contribution < 1.29 is 50.6 Å². The van der Waals surface area contributed by atoms with Gasteiger partial charge in [0.25, 0.3) is 0 Å². The number of carboxylic acid groups (broad SMARTS) is 4. The van der Waals surface area contributed by atoms with Gasteiger partial charge in [-0.05, 0) is 73.6 Å². The SMILES string of the molecule is CSc1ncccc1C(=O)O.CSc1ncccc1C(=O)O.CSc1ncccc1C(=O)O.CSc1ncccc1C(=O)O.C[CH2][Sn][CH2]C.C[CH2][Sn][CH2]C.C[CH2][Sn][CH2]C.C[CH2][Sn][CH2]C.O.O. The number of carbonyl (C=O) groups is 4. The molecule has 4 aromatic heterocycles. The van der Waals surface area contributed by atoms with Crippen molar-refractivity contribution in [2.24, 2.45) is 0 Å². The summed E-state index contributed by atoms with van der Waals surface area (Å²) in [6.45, 7) is 18.3. The quantitative estimate of drug-likeness (QED) is 0.0600. The second-order valence-corrected chi connectivity index (χ2v) is 36.3.